The summed E-state index contributed by atoms with van der Waals surface area (Å²) in [5.74, 6) is -0.551. The lowest BCUT2D eigenvalue weighted by molar-refractivity contribution is -0.153. The predicted octanol–water partition coefficient (Wildman–Crippen LogP) is 1.58. The minimum absolute atomic E-state index is 0.275. The SMILES string of the molecule is CCOc1ccccc1/C=C/C(=O)O[C@@H](C)C(=O)N1CCNC1=O. The van der Waals surface area contributed by atoms with Gasteiger partial charge >= 0.3 is 12.0 Å². The van der Waals surface area contributed by atoms with Gasteiger partial charge in [0.05, 0.1) is 6.61 Å². The quantitative estimate of drug-likeness (QED) is 0.631. The number of hydrogen-bond donors (Lipinski definition) is 1. The number of carbonyl (C=O) groups excluding carboxylic acids is 3. The summed E-state index contributed by atoms with van der Waals surface area (Å²) in [6.07, 6.45) is 1.76. The third-order valence-electron chi connectivity index (χ3n) is 3.38. The molecule has 128 valence electrons. The molecule has 1 saturated heterocycles. The molecule has 1 aliphatic heterocycles. The van der Waals surface area contributed by atoms with Crippen LogP contribution >= 0.6 is 0 Å². The number of rotatable bonds is 6. The Balaban J connectivity index is 1.95. The monoisotopic (exact) mass is 332 g/mol. The largest absolute Gasteiger partial charge is 0.493 e. The maximum Gasteiger partial charge on any atom is 0.331 e. The number of carbonyl (C=O) groups is 3. The van der Waals surface area contributed by atoms with Gasteiger partial charge in [0, 0.05) is 24.7 Å². The average molecular weight is 332 g/mol. The fourth-order valence-corrected chi connectivity index (χ4v) is 2.23. The topological polar surface area (TPSA) is 84.9 Å². The molecule has 0 saturated carbocycles. The van der Waals surface area contributed by atoms with E-state index in [0.717, 1.165) is 10.5 Å². The van der Waals surface area contributed by atoms with Crippen LogP contribution < -0.4 is 10.1 Å². The third-order valence-corrected chi connectivity index (χ3v) is 3.38. The fraction of sp³-hybridized carbons (Fsp3) is 0.353. The van der Waals surface area contributed by atoms with Crippen LogP contribution in [0.2, 0.25) is 0 Å². The van der Waals surface area contributed by atoms with Gasteiger partial charge in [0.25, 0.3) is 5.91 Å². The first kappa shape index (κ1) is 17.5. The van der Waals surface area contributed by atoms with Crippen molar-refractivity contribution in [1.82, 2.24) is 10.2 Å². The van der Waals surface area contributed by atoms with Crippen LogP contribution in [0.5, 0.6) is 5.75 Å². The van der Waals surface area contributed by atoms with Crippen molar-refractivity contribution in [2.45, 2.75) is 20.0 Å². The highest BCUT2D eigenvalue weighted by atomic mass is 16.5. The van der Waals surface area contributed by atoms with Gasteiger partial charge in [-0.15, -0.1) is 0 Å². The van der Waals surface area contributed by atoms with Gasteiger partial charge in [-0.1, -0.05) is 18.2 Å². The van der Waals surface area contributed by atoms with E-state index in [9.17, 15) is 14.4 Å². The number of imide groups is 1. The molecule has 0 aromatic heterocycles. The van der Waals surface area contributed by atoms with Crippen LogP contribution in [0.4, 0.5) is 4.79 Å². The van der Waals surface area contributed by atoms with Gasteiger partial charge in [-0.3, -0.25) is 9.69 Å². The first-order chi connectivity index (χ1) is 11.5. The lowest BCUT2D eigenvalue weighted by atomic mass is 10.2. The Morgan fingerprint density at radius 2 is 2.12 bits per heavy atom. The first-order valence-corrected chi connectivity index (χ1v) is 7.72. The van der Waals surface area contributed by atoms with Gasteiger partial charge in [-0.05, 0) is 26.0 Å². The van der Waals surface area contributed by atoms with Crippen LogP contribution in [0.1, 0.15) is 19.4 Å². The van der Waals surface area contributed by atoms with Crippen molar-refractivity contribution in [3.8, 4) is 5.75 Å². The molecule has 0 spiro atoms. The van der Waals surface area contributed by atoms with Crippen LogP contribution in [0.3, 0.4) is 0 Å². The maximum absolute atomic E-state index is 12.0. The summed E-state index contributed by atoms with van der Waals surface area (Å²) in [5.41, 5.74) is 0.731. The number of amides is 3. The Hall–Kier alpha value is -2.83. The van der Waals surface area contributed by atoms with Crippen LogP contribution in [0, 0.1) is 0 Å². The molecule has 1 N–H and O–H groups in total. The van der Waals surface area contributed by atoms with E-state index in [1.54, 1.807) is 18.2 Å². The van der Waals surface area contributed by atoms with E-state index in [1.165, 1.54) is 13.0 Å². The smallest absolute Gasteiger partial charge is 0.331 e. The van der Waals surface area contributed by atoms with E-state index >= 15 is 0 Å². The maximum atomic E-state index is 12.0. The van der Waals surface area contributed by atoms with E-state index in [-0.39, 0.29) is 6.54 Å². The molecule has 0 aliphatic carbocycles. The molecule has 1 heterocycles. The Bertz CT molecular complexity index is 656. The van der Waals surface area contributed by atoms with Crippen molar-refractivity contribution >= 4 is 24.0 Å². The molecule has 24 heavy (non-hydrogen) atoms. The molecule has 0 bridgehead atoms. The van der Waals surface area contributed by atoms with Crippen molar-refractivity contribution in [2.24, 2.45) is 0 Å². The lowest BCUT2D eigenvalue weighted by Gasteiger charge is -2.17. The standard InChI is InChI=1S/C17H20N2O5/c1-3-23-14-7-5-4-6-13(14)8-9-15(20)24-12(2)16(21)19-11-10-18-17(19)22/h4-9,12H,3,10-11H2,1-2H3,(H,18,22)/b9-8+/t12-/m0/s1. The second kappa shape index (κ2) is 8.14. The Labute approximate surface area is 140 Å². The van der Waals surface area contributed by atoms with Crippen molar-refractivity contribution in [2.75, 3.05) is 19.7 Å². The Morgan fingerprint density at radius 1 is 1.38 bits per heavy atom. The minimum Gasteiger partial charge on any atom is -0.493 e. The summed E-state index contributed by atoms with van der Waals surface area (Å²) in [4.78, 5) is 36.4. The molecular formula is C17H20N2O5. The number of nitrogens with zero attached hydrogens (tertiary/aromatic N) is 1. The molecule has 3 amide bonds. The van der Waals surface area contributed by atoms with E-state index in [0.29, 0.717) is 18.9 Å². The third kappa shape index (κ3) is 4.34. The van der Waals surface area contributed by atoms with Crippen LogP contribution in [-0.4, -0.2) is 48.6 Å². The number of para-hydroxylation sites is 1. The summed E-state index contributed by atoms with van der Waals surface area (Å²) in [5, 5.41) is 2.52. The number of hydrogen-bond acceptors (Lipinski definition) is 5. The summed E-state index contributed by atoms with van der Waals surface area (Å²) in [6.45, 7) is 4.50. The lowest BCUT2D eigenvalue weighted by Crippen LogP contribution is -2.41. The summed E-state index contributed by atoms with van der Waals surface area (Å²) >= 11 is 0. The van der Waals surface area contributed by atoms with Gasteiger partial charge < -0.3 is 14.8 Å². The molecule has 7 heteroatoms. The average Bonchev–Trinajstić information content (AvgIpc) is 2.99. The van der Waals surface area contributed by atoms with Gasteiger partial charge in [0.2, 0.25) is 0 Å². The predicted molar refractivity (Wildman–Crippen MR) is 87.3 cm³/mol. The van der Waals surface area contributed by atoms with E-state index in [2.05, 4.69) is 5.32 Å². The number of urea groups is 1. The summed E-state index contributed by atoms with van der Waals surface area (Å²) in [6, 6.07) is 6.79. The molecule has 1 aromatic carbocycles. The van der Waals surface area contributed by atoms with Gasteiger partial charge in [-0.25, -0.2) is 9.59 Å². The molecule has 1 fully saturated rings. The van der Waals surface area contributed by atoms with E-state index in [4.69, 9.17) is 9.47 Å². The van der Waals surface area contributed by atoms with Crippen molar-refractivity contribution < 1.29 is 23.9 Å². The zero-order chi connectivity index (χ0) is 17.5. The summed E-state index contributed by atoms with van der Waals surface area (Å²) < 4.78 is 10.5. The molecule has 7 nitrogen and oxygen atoms in total. The molecule has 2 rings (SSSR count). The fourth-order valence-electron chi connectivity index (χ4n) is 2.23. The van der Waals surface area contributed by atoms with Crippen molar-refractivity contribution in [1.29, 1.82) is 0 Å². The number of benzene rings is 1. The second-order valence-corrected chi connectivity index (χ2v) is 5.11. The Morgan fingerprint density at radius 3 is 2.79 bits per heavy atom. The van der Waals surface area contributed by atoms with Gasteiger partial charge in [0.1, 0.15) is 5.75 Å². The van der Waals surface area contributed by atoms with Gasteiger partial charge in [-0.2, -0.15) is 0 Å². The van der Waals surface area contributed by atoms with E-state index in [1.807, 2.05) is 19.1 Å². The van der Waals surface area contributed by atoms with Gasteiger partial charge in [0.15, 0.2) is 6.10 Å². The van der Waals surface area contributed by atoms with Crippen molar-refractivity contribution in [3.63, 3.8) is 0 Å². The molecule has 1 atom stereocenters. The highest BCUT2D eigenvalue weighted by Crippen LogP contribution is 2.19. The molecule has 1 aliphatic rings. The highest BCUT2D eigenvalue weighted by molar-refractivity contribution is 5.99. The Kier molecular flexibility index (Phi) is 5.95. The second-order valence-electron chi connectivity index (χ2n) is 5.11. The number of ether oxygens (including phenoxy) is 2. The van der Waals surface area contributed by atoms with Crippen LogP contribution in [0.25, 0.3) is 6.08 Å². The normalized spacial score (nSPS) is 15.2. The summed E-state index contributed by atoms with van der Waals surface area (Å²) in [7, 11) is 0. The molecular weight excluding hydrogens is 312 g/mol. The first-order valence-electron chi connectivity index (χ1n) is 7.72. The zero-order valence-corrected chi connectivity index (χ0v) is 13.7. The molecule has 0 unspecified atom stereocenters. The minimum atomic E-state index is -1.03. The van der Waals surface area contributed by atoms with Crippen LogP contribution in [-0.2, 0) is 14.3 Å². The van der Waals surface area contributed by atoms with Crippen molar-refractivity contribution in [3.05, 3.63) is 35.9 Å². The number of nitrogens with one attached hydrogen (secondary N) is 1. The zero-order valence-electron chi connectivity index (χ0n) is 13.7. The molecule has 1 aromatic rings. The molecule has 0 radical (unpaired) electrons. The number of esters is 1. The van der Waals surface area contributed by atoms with Crippen LogP contribution in [0.15, 0.2) is 30.3 Å². The highest BCUT2D eigenvalue weighted by Gasteiger charge is 2.31. The van der Waals surface area contributed by atoms with E-state index < -0.39 is 24.0 Å².